The second kappa shape index (κ2) is 18.8. The van der Waals surface area contributed by atoms with Crippen LogP contribution in [0.1, 0.15) is 79.1 Å². The van der Waals surface area contributed by atoms with Crippen molar-refractivity contribution in [3.63, 3.8) is 0 Å². The van der Waals surface area contributed by atoms with Crippen LogP contribution in [0.15, 0.2) is 66.7 Å². The van der Waals surface area contributed by atoms with Gasteiger partial charge in [0.1, 0.15) is 17.7 Å². The van der Waals surface area contributed by atoms with Crippen LogP contribution in [0.3, 0.4) is 0 Å². The van der Waals surface area contributed by atoms with E-state index in [1.807, 2.05) is 38.1 Å². The highest BCUT2D eigenvalue weighted by atomic mass is 32.2. The van der Waals surface area contributed by atoms with Crippen molar-refractivity contribution in [1.29, 1.82) is 0 Å². The van der Waals surface area contributed by atoms with Crippen molar-refractivity contribution in [1.82, 2.24) is 16.0 Å². The minimum absolute atomic E-state index is 0.00665. The van der Waals surface area contributed by atoms with Gasteiger partial charge >= 0.3 is 0 Å². The van der Waals surface area contributed by atoms with Crippen LogP contribution >= 0.6 is 0 Å². The van der Waals surface area contributed by atoms with Crippen LogP contribution in [-0.2, 0) is 34.0 Å². The van der Waals surface area contributed by atoms with E-state index in [1.165, 1.54) is 0 Å². The van der Waals surface area contributed by atoms with Gasteiger partial charge in [-0.1, -0.05) is 76.1 Å². The zero-order valence-electron chi connectivity index (χ0n) is 28.3. The summed E-state index contributed by atoms with van der Waals surface area (Å²) in [6.07, 6.45) is 1.55. The lowest BCUT2D eigenvalue weighted by Crippen LogP contribution is -2.57. The second-order valence-electron chi connectivity index (χ2n) is 12.3. The van der Waals surface area contributed by atoms with E-state index in [4.69, 9.17) is 0 Å². The van der Waals surface area contributed by atoms with Gasteiger partial charge in [-0.3, -0.25) is 9.59 Å². The molecule has 8 nitrogen and oxygen atoms in total. The molecule has 0 saturated heterocycles. The Morgan fingerprint density at radius 1 is 0.833 bits per heavy atom. The third-order valence-electron chi connectivity index (χ3n) is 8.39. The summed E-state index contributed by atoms with van der Waals surface area (Å²) in [5.74, 6) is -3.73. The smallest absolute Gasteiger partial charge is 0.252 e. The van der Waals surface area contributed by atoms with Gasteiger partial charge in [-0.25, -0.2) is 17.2 Å². The van der Waals surface area contributed by atoms with Crippen molar-refractivity contribution >= 4 is 21.7 Å². The highest BCUT2D eigenvalue weighted by molar-refractivity contribution is 7.92. The van der Waals surface area contributed by atoms with Crippen LogP contribution in [0, 0.1) is 18.6 Å². The second-order valence-corrected chi connectivity index (χ2v) is 14.7. The normalized spacial score (nSPS) is 13.6. The minimum atomic E-state index is -3.86. The molecule has 0 aromatic heterocycles. The molecule has 0 spiro atoms. The lowest BCUT2D eigenvalue weighted by molar-refractivity contribution is -0.124. The number of amides is 2. The summed E-state index contributed by atoms with van der Waals surface area (Å²) in [6, 6.07) is 15.1. The molecule has 0 aliphatic rings. The number of halogens is 2. The molecular formula is C37H49F2N3O5S. The van der Waals surface area contributed by atoms with Gasteiger partial charge < -0.3 is 21.1 Å². The monoisotopic (exact) mass is 685 g/mol. The number of aryl methyl sites for hydroxylation is 2. The maximum Gasteiger partial charge on any atom is 0.252 e. The Morgan fingerprint density at radius 2 is 1.48 bits per heavy atom. The summed E-state index contributed by atoms with van der Waals surface area (Å²) >= 11 is 0. The standard InChI is InChI=1S/C37H49F2N3O5S/c1-5-11-31(12-6-2)48(46,47)24-34(42-36(44)32-16-9-8-13-25(32)4)37(45)41-33(20-28-18-29(38)21-30(39)19-28)35(43)23-40-22-27-15-10-14-26(7-3)17-27/h8-10,13-19,21,31,33-35,40,43H,5-7,11-12,20,22-24H2,1-4H3,(H,41,45)(H,42,44)/t33-,34?,35+/m0/s1. The van der Waals surface area contributed by atoms with E-state index >= 15 is 0 Å². The molecule has 0 radical (unpaired) electrons. The number of aliphatic hydroxyl groups excluding tert-OH is 1. The molecule has 3 atom stereocenters. The number of benzene rings is 3. The summed E-state index contributed by atoms with van der Waals surface area (Å²) in [5, 5.41) is 19.1. The third kappa shape index (κ3) is 11.8. The maximum absolute atomic E-state index is 14.1. The maximum atomic E-state index is 14.1. The molecule has 0 heterocycles. The predicted octanol–water partition coefficient (Wildman–Crippen LogP) is 5.20. The highest BCUT2D eigenvalue weighted by Crippen LogP contribution is 2.18. The van der Waals surface area contributed by atoms with E-state index in [1.54, 1.807) is 31.2 Å². The van der Waals surface area contributed by atoms with Crippen LogP contribution in [-0.4, -0.2) is 61.1 Å². The van der Waals surface area contributed by atoms with Crippen LogP contribution in [0.5, 0.6) is 0 Å². The number of sulfone groups is 1. The van der Waals surface area contributed by atoms with Crippen molar-refractivity contribution in [3.05, 3.63) is 106 Å². The number of rotatable bonds is 19. The first-order chi connectivity index (χ1) is 22.9. The molecule has 262 valence electrons. The minimum Gasteiger partial charge on any atom is -0.390 e. The molecule has 3 aromatic carbocycles. The van der Waals surface area contributed by atoms with Gasteiger partial charge in [0.25, 0.3) is 5.91 Å². The first kappa shape index (κ1) is 38.8. The van der Waals surface area contributed by atoms with Gasteiger partial charge in [-0.15, -0.1) is 0 Å². The van der Waals surface area contributed by atoms with Gasteiger partial charge in [0.05, 0.1) is 23.1 Å². The summed E-state index contributed by atoms with van der Waals surface area (Å²) in [6.45, 7) is 7.98. The van der Waals surface area contributed by atoms with Crippen molar-refractivity contribution in [2.45, 2.75) is 96.2 Å². The van der Waals surface area contributed by atoms with Crippen molar-refractivity contribution in [3.8, 4) is 0 Å². The van der Waals surface area contributed by atoms with E-state index in [2.05, 4.69) is 22.9 Å². The van der Waals surface area contributed by atoms with Gasteiger partial charge in [-0.2, -0.15) is 0 Å². The Balaban J connectivity index is 1.90. The average Bonchev–Trinajstić information content (AvgIpc) is 3.03. The Labute approximate surface area is 283 Å². The summed E-state index contributed by atoms with van der Waals surface area (Å²) in [7, 11) is -3.86. The number of nitrogens with one attached hydrogen (secondary N) is 3. The van der Waals surface area contributed by atoms with Gasteiger partial charge in [0, 0.05) is 24.7 Å². The van der Waals surface area contributed by atoms with Crippen LogP contribution < -0.4 is 16.0 Å². The molecule has 0 aliphatic carbocycles. The lowest BCUT2D eigenvalue weighted by Gasteiger charge is -2.28. The Bertz CT molecular complexity index is 1590. The van der Waals surface area contributed by atoms with Gasteiger partial charge in [0.15, 0.2) is 9.84 Å². The van der Waals surface area contributed by atoms with Gasteiger partial charge in [0.2, 0.25) is 5.91 Å². The zero-order valence-corrected chi connectivity index (χ0v) is 29.1. The fourth-order valence-electron chi connectivity index (χ4n) is 5.78. The van der Waals surface area contributed by atoms with Gasteiger partial charge in [-0.05, 0) is 73.1 Å². The van der Waals surface area contributed by atoms with E-state index in [9.17, 15) is 31.9 Å². The van der Waals surface area contributed by atoms with Crippen LogP contribution in [0.2, 0.25) is 0 Å². The number of hydrogen-bond donors (Lipinski definition) is 4. The number of hydrogen-bond acceptors (Lipinski definition) is 6. The topological polar surface area (TPSA) is 125 Å². The van der Waals surface area contributed by atoms with E-state index in [0.717, 1.165) is 35.7 Å². The summed E-state index contributed by atoms with van der Waals surface area (Å²) < 4.78 is 55.5. The SMILES string of the molecule is CCCC(CCC)S(=O)(=O)CC(NC(=O)c1ccccc1C)C(=O)N[C@@H](Cc1cc(F)cc(F)c1)[C@H](O)CNCc1cccc(CC)c1. The van der Waals surface area contributed by atoms with E-state index in [-0.39, 0.29) is 24.1 Å². The molecule has 48 heavy (non-hydrogen) atoms. The predicted molar refractivity (Wildman–Crippen MR) is 185 cm³/mol. The number of carbonyl (C=O) groups excluding carboxylic acids is 2. The quantitative estimate of drug-likeness (QED) is 0.138. The molecule has 11 heteroatoms. The molecule has 2 amide bonds. The number of carbonyl (C=O) groups is 2. The lowest BCUT2D eigenvalue weighted by atomic mass is 10.00. The summed E-state index contributed by atoms with van der Waals surface area (Å²) in [4.78, 5) is 27.3. The van der Waals surface area contributed by atoms with Crippen molar-refractivity contribution in [2.24, 2.45) is 0 Å². The molecular weight excluding hydrogens is 636 g/mol. The van der Waals surface area contributed by atoms with Crippen LogP contribution in [0.25, 0.3) is 0 Å². The summed E-state index contributed by atoms with van der Waals surface area (Å²) in [5.41, 5.74) is 3.26. The molecule has 1 unspecified atom stereocenters. The molecule has 4 N–H and O–H groups in total. The van der Waals surface area contributed by atoms with Crippen LogP contribution in [0.4, 0.5) is 8.78 Å². The first-order valence-corrected chi connectivity index (χ1v) is 18.4. The average molecular weight is 686 g/mol. The third-order valence-corrected chi connectivity index (χ3v) is 10.7. The molecule has 0 saturated carbocycles. The zero-order chi connectivity index (χ0) is 35.3. The first-order valence-electron chi connectivity index (χ1n) is 16.7. The molecule has 0 fully saturated rings. The molecule has 0 aliphatic heterocycles. The number of aliphatic hydroxyl groups is 1. The van der Waals surface area contributed by atoms with E-state index < -0.39 is 62.5 Å². The fourth-order valence-corrected chi connectivity index (χ4v) is 7.94. The Morgan fingerprint density at radius 3 is 2.10 bits per heavy atom. The largest absolute Gasteiger partial charge is 0.390 e. The Kier molecular flexibility index (Phi) is 15.2. The highest BCUT2D eigenvalue weighted by Gasteiger charge is 2.34. The van der Waals surface area contributed by atoms with Crippen molar-refractivity contribution in [2.75, 3.05) is 12.3 Å². The molecule has 3 rings (SSSR count). The molecule has 3 aromatic rings. The molecule has 0 bridgehead atoms. The Hall–Kier alpha value is -3.67. The van der Waals surface area contributed by atoms with E-state index in [0.29, 0.717) is 37.8 Å². The van der Waals surface area contributed by atoms with Crippen molar-refractivity contribution < 1.29 is 31.9 Å². The fraction of sp³-hybridized carbons (Fsp3) is 0.459.